The molecule has 5 heteroatoms. The number of aliphatic hydroxyl groups is 1. The number of rotatable bonds is 5. The van der Waals surface area contributed by atoms with Gasteiger partial charge in [-0.15, -0.1) is 0 Å². The standard InChI is InChI=1S/C21H22N2O3/c1-12(2)21(26)17-10-22-19-14(11-24)5-4-6-16(19)20(17)23-18-8-7-15(25)9-13(18)3/h4-10,12,24-25H,11H2,1-3H3,(H,22,23). The van der Waals surface area contributed by atoms with E-state index in [2.05, 4.69) is 10.3 Å². The molecule has 134 valence electrons. The van der Waals surface area contributed by atoms with Crippen LogP contribution in [0.25, 0.3) is 10.9 Å². The number of hydrogen-bond donors (Lipinski definition) is 3. The van der Waals surface area contributed by atoms with Crippen molar-refractivity contribution >= 4 is 28.1 Å². The second-order valence-corrected chi connectivity index (χ2v) is 6.66. The molecule has 0 aliphatic heterocycles. The number of aliphatic hydroxyl groups excluding tert-OH is 1. The van der Waals surface area contributed by atoms with Gasteiger partial charge >= 0.3 is 0 Å². The largest absolute Gasteiger partial charge is 0.508 e. The van der Waals surface area contributed by atoms with Crippen LogP contribution in [0.4, 0.5) is 11.4 Å². The topological polar surface area (TPSA) is 82.5 Å². The number of benzene rings is 2. The van der Waals surface area contributed by atoms with Crippen molar-refractivity contribution in [3.05, 3.63) is 59.3 Å². The van der Waals surface area contributed by atoms with Crippen molar-refractivity contribution in [3.63, 3.8) is 0 Å². The maximum absolute atomic E-state index is 12.7. The summed E-state index contributed by atoms with van der Waals surface area (Å²) in [6.45, 7) is 5.46. The first kappa shape index (κ1) is 17.9. The van der Waals surface area contributed by atoms with Gasteiger partial charge in [0, 0.05) is 28.8 Å². The SMILES string of the molecule is Cc1cc(O)ccc1Nc1c(C(=O)C(C)C)cnc2c(CO)cccc12. The van der Waals surface area contributed by atoms with E-state index in [1.165, 1.54) is 0 Å². The minimum Gasteiger partial charge on any atom is -0.508 e. The fourth-order valence-electron chi connectivity index (χ4n) is 2.97. The Morgan fingerprint density at radius 3 is 2.65 bits per heavy atom. The normalized spacial score (nSPS) is 11.1. The highest BCUT2D eigenvalue weighted by atomic mass is 16.3. The molecule has 0 aliphatic carbocycles. The van der Waals surface area contributed by atoms with Gasteiger partial charge in [-0.1, -0.05) is 32.0 Å². The zero-order valence-corrected chi connectivity index (χ0v) is 15.1. The predicted octanol–water partition coefficient (Wildman–Crippen LogP) is 4.32. The van der Waals surface area contributed by atoms with Crippen molar-refractivity contribution in [2.24, 2.45) is 5.92 Å². The summed E-state index contributed by atoms with van der Waals surface area (Å²) in [5.41, 5.74) is 4.19. The van der Waals surface area contributed by atoms with Crippen LogP contribution in [0.5, 0.6) is 5.75 Å². The lowest BCUT2D eigenvalue weighted by molar-refractivity contribution is 0.0940. The summed E-state index contributed by atoms with van der Waals surface area (Å²) in [7, 11) is 0. The number of nitrogens with zero attached hydrogens (tertiary/aromatic N) is 1. The van der Waals surface area contributed by atoms with E-state index in [4.69, 9.17) is 0 Å². The van der Waals surface area contributed by atoms with Crippen LogP contribution in [0.15, 0.2) is 42.6 Å². The molecule has 3 rings (SSSR count). The third-order valence-corrected chi connectivity index (χ3v) is 4.41. The second-order valence-electron chi connectivity index (χ2n) is 6.66. The first-order chi connectivity index (χ1) is 12.4. The molecule has 0 bridgehead atoms. The molecule has 0 saturated carbocycles. The van der Waals surface area contributed by atoms with E-state index in [0.29, 0.717) is 22.3 Å². The van der Waals surface area contributed by atoms with Crippen LogP contribution in [-0.4, -0.2) is 21.0 Å². The Morgan fingerprint density at radius 1 is 1.23 bits per heavy atom. The molecule has 0 fully saturated rings. The van der Waals surface area contributed by atoms with Gasteiger partial charge in [-0.05, 0) is 30.7 Å². The van der Waals surface area contributed by atoms with E-state index in [9.17, 15) is 15.0 Å². The molecule has 0 radical (unpaired) electrons. The molecule has 26 heavy (non-hydrogen) atoms. The average molecular weight is 350 g/mol. The van der Waals surface area contributed by atoms with Crippen LogP contribution in [0, 0.1) is 12.8 Å². The lowest BCUT2D eigenvalue weighted by Crippen LogP contribution is -2.12. The van der Waals surface area contributed by atoms with E-state index < -0.39 is 0 Å². The quantitative estimate of drug-likeness (QED) is 0.471. The number of hydrogen-bond acceptors (Lipinski definition) is 5. The molecule has 0 aliphatic rings. The Balaban J connectivity index is 2.24. The van der Waals surface area contributed by atoms with Crippen molar-refractivity contribution in [2.45, 2.75) is 27.4 Å². The zero-order chi connectivity index (χ0) is 18.8. The Kier molecular flexibility index (Phi) is 4.91. The van der Waals surface area contributed by atoms with Crippen molar-refractivity contribution in [2.75, 3.05) is 5.32 Å². The second kappa shape index (κ2) is 7.14. The molecule has 3 aromatic rings. The lowest BCUT2D eigenvalue weighted by Gasteiger charge is -2.17. The summed E-state index contributed by atoms with van der Waals surface area (Å²) in [5, 5.41) is 23.4. The van der Waals surface area contributed by atoms with Gasteiger partial charge in [-0.25, -0.2) is 0 Å². The molecule has 3 N–H and O–H groups in total. The van der Waals surface area contributed by atoms with Gasteiger partial charge in [0.15, 0.2) is 5.78 Å². The highest BCUT2D eigenvalue weighted by molar-refractivity contribution is 6.10. The van der Waals surface area contributed by atoms with Crippen LogP contribution >= 0.6 is 0 Å². The highest BCUT2D eigenvalue weighted by Gasteiger charge is 2.19. The number of phenols is 1. The van der Waals surface area contributed by atoms with E-state index >= 15 is 0 Å². The van der Waals surface area contributed by atoms with E-state index in [0.717, 1.165) is 16.6 Å². The smallest absolute Gasteiger partial charge is 0.169 e. The number of fused-ring (bicyclic) bond motifs is 1. The van der Waals surface area contributed by atoms with Crippen LogP contribution in [0.3, 0.4) is 0 Å². The molecular formula is C21H22N2O3. The molecule has 0 spiro atoms. The molecule has 0 amide bonds. The lowest BCUT2D eigenvalue weighted by atomic mass is 9.97. The van der Waals surface area contributed by atoms with Crippen LogP contribution in [0.1, 0.15) is 35.3 Å². The first-order valence-electron chi connectivity index (χ1n) is 8.54. The molecule has 1 aromatic heterocycles. The highest BCUT2D eigenvalue weighted by Crippen LogP contribution is 2.33. The molecule has 5 nitrogen and oxygen atoms in total. The Morgan fingerprint density at radius 2 is 2.00 bits per heavy atom. The summed E-state index contributed by atoms with van der Waals surface area (Å²) in [6, 6.07) is 10.6. The van der Waals surface area contributed by atoms with Gasteiger partial charge in [-0.3, -0.25) is 9.78 Å². The van der Waals surface area contributed by atoms with E-state index in [1.807, 2.05) is 39.0 Å². The maximum atomic E-state index is 12.7. The minimum atomic E-state index is -0.170. The van der Waals surface area contributed by atoms with Crippen LogP contribution in [0.2, 0.25) is 0 Å². The van der Waals surface area contributed by atoms with Gasteiger partial charge in [0.05, 0.1) is 23.4 Å². The fraction of sp³-hybridized carbons (Fsp3) is 0.238. The summed E-state index contributed by atoms with van der Waals surface area (Å²) < 4.78 is 0. The summed E-state index contributed by atoms with van der Waals surface area (Å²) >= 11 is 0. The van der Waals surface area contributed by atoms with Crippen LogP contribution in [-0.2, 0) is 6.61 Å². The number of Topliss-reactive ketones (excluding diaryl/α,β-unsaturated/α-hetero) is 1. The van der Waals surface area contributed by atoms with Crippen molar-refractivity contribution < 1.29 is 15.0 Å². The van der Waals surface area contributed by atoms with Crippen LogP contribution < -0.4 is 5.32 Å². The number of aromatic hydroxyl groups is 1. The van der Waals surface area contributed by atoms with Gasteiger partial charge < -0.3 is 15.5 Å². The number of pyridine rings is 1. The number of phenolic OH excluding ortho intramolecular Hbond substituents is 1. The van der Waals surface area contributed by atoms with Crippen molar-refractivity contribution in [3.8, 4) is 5.75 Å². The number of nitrogens with one attached hydrogen (secondary N) is 1. The zero-order valence-electron chi connectivity index (χ0n) is 15.1. The summed E-state index contributed by atoms with van der Waals surface area (Å²) in [4.78, 5) is 17.2. The number of carbonyl (C=O) groups excluding carboxylic acids is 1. The van der Waals surface area contributed by atoms with Gasteiger partial charge in [0.1, 0.15) is 5.75 Å². The van der Waals surface area contributed by atoms with E-state index in [1.54, 1.807) is 24.4 Å². The number of ketones is 1. The average Bonchev–Trinajstić information content (AvgIpc) is 2.62. The third-order valence-electron chi connectivity index (χ3n) is 4.41. The molecule has 1 heterocycles. The molecule has 2 aromatic carbocycles. The summed E-state index contributed by atoms with van der Waals surface area (Å²) in [6.07, 6.45) is 1.57. The molecule has 0 atom stereocenters. The number of carbonyl (C=O) groups is 1. The Labute approximate surface area is 152 Å². The minimum absolute atomic E-state index is 0.00673. The number of anilines is 2. The maximum Gasteiger partial charge on any atom is 0.169 e. The Bertz CT molecular complexity index is 980. The first-order valence-corrected chi connectivity index (χ1v) is 8.54. The van der Waals surface area contributed by atoms with Gasteiger partial charge in [0.2, 0.25) is 0 Å². The summed E-state index contributed by atoms with van der Waals surface area (Å²) in [5.74, 6) is 0.0122. The van der Waals surface area contributed by atoms with Gasteiger partial charge in [-0.2, -0.15) is 0 Å². The number of para-hydroxylation sites is 1. The number of aromatic nitrogens is 1. The molecular weight excluding hydrogens is 328 g/mol. The third kappa shape index (κ3) is 3.26. The molecule has 0 unspecified atom stereocenters. The monoisotopic (exact) mass is 350 g/mol. The van der Waals surface area contributed by atoms with E-state index in [-0.39, 0.29) is 24.1 Å². The van der Waals surface area contributed by atoms with Crippen molar-refractivity contribution in [1.29, 1.82) is 0 Å². The van der Waals surface area contributed by atoms with Gasteiger partial charge in [0.25, 0.3) is 0 Å². The predicted molar refractivity (Wildman–Crippen MR) is 103 cm³/mol. The Hall–Kier alpha value is -2.92. The fourth-order valence-corrected chi connectivity index (χ4v) is 2.97. The molecule has 0 saturated heterocycles. The van der Waals surface area contributed by atoms with Crippen molar-refractivity contribution in [1.82, 2.24) is 4.98 Å². The number of aryl methyl sites for hydroxylation is 1.